The summed E-state index contributed by atoms with van der Waals surface area (Å²) in [6.07, 6.45) is 0. The predicted octanol–water partition coefficient (Wildman–Crippen LogP) is 2.29. The lowest BCUT2D eigenvalue weighted by Crippen LogP contribution is -2.33. The van der Waals surface area contributed by atoms with Gasteiger partial charge in [0, 0.05) is 18.2 Å². The molecular formula is C15H19N3O2. The summed E-state index contributed by atoms with van der Waals surface area (Å²) in [6, 6.07) is 11.3. The summed E-state index contributed by atoms with van der Waals surface area (Å²) in [5.41, 5.74) is 0.306. The minimum absolute atomic E-state index is 0.00222. The number of aromatic amines is 1. The van der Waals surface area contributed by atoms with Crippen LogP contribution >= 0.6 is 0 Å². The zero-order valence-corrected chi connectivity index (χ0v) is 11.9. The number of anilines is 1. The lowest BCUT2D eigenvalue weighted by Gasteiger charge is -2.21. The molecule has 1 atom stereocenters. The van der Waals surface area contributed by atoms with Gasteiger partial charge in [-0.05, 0) is 26.3 Å². The van der Waals surface area contributed by atoms with E-state index in [-0.39, 0.29) is 12.1 Å². The Morgan fingerprint density at radius 1 is 1.10 bits per heavy atom. The topological polar surface area (TPSA) is 66.9 Å². The summed E-state index contributed by atoms with van der Waals surface area (Å²) < 4.78 is 1.54. The van der Waals surface area contributed by atoms with Crippen molar-refractivity contribution in [2.75, 3.05) is 5.32 Å². The average molecular weight is 273 g/mol. The van der Waals surface area contributed by atoms with Crippen LogP contribution in [0.4, 0.5) is 5.82 Å². The van der Waals surface area contributed by atoms with Crippen LogP contribution in [0.25, 0.3) is 0 Å². The van der Waals surface area contributed by atoms with Crippen molar-refractivity contribution in [1.29, 1.82) is 0 Å². The van der Waals surface area contributed by atoms with E-state index in [4.69, 9.17) is 0 Å². The molecule has 0 bridgehead atoms. The van der Waals surface area contributed by atoms with Gasteiger partial charge in [-0.1, -0.05) is 30.3 Å². The van der Waals surface area contributed by atoms with Gasteiger partial charge in [0.2, 0.25) is 0 Å². The molecule has 1 aromatic carbocycles. The number of benzene rings is 1. The van der Waals surface area contributed by atoms with Gasteiger partial charge in [-0.3, -0.25) is 14.3 Å². The molecule has 0 aliphatic heterocycles. The van der Waals surface area contributed by atoms with Crippen LogP contribution in [-0.2, 0) is 0 Å². The van der Waals surface area contributed by atoms with E-state index in [1.165, 1.54) is 6.07 Å². The minimum Gasteiger partial charge on any atom is -0.365 e. The third kappa shape index (κ3) is 2.99. The Hall–Kier alpha value is -2.30. The molecule has 5 nitrogen and oxygen atoms in total. The molecule has 0 spiro atoms. The van der Waals surface area contributed by atoms with Gasteiger partial charge in [0.15, 0.2) is 0 Å². The number of hydrogen-bond acceptors (Lipinski definition) is 3. The van der Waals surface area contributed by atoms with Crippen molar-refractivity contribution in [1.82, 2.24) is 9.55 Å². The molecule has 0 radical (unpaired) electrons. The Morgan fingerprint density at radius 3 is 2.35 bits per heavy atom. The number of nitrogens with zero attached hydrogens (tertiary/aromatic N) is 1. The molecule has 20 heavy (non-hydrogen) atoms. The highest BCUT2D eigenvalue weighted by atomic mass is 16.2. The van der Waals surface area contributed by atoms with E-state index >= 15 is 0 Å². The minimum atomic E-state index is -0.394. The predicted molar refractivity (Wildman–Crippen MR) is 80.2 cm³/mol. The Bertz CT molecular complexity index is 686. The highest BCUT2D eigenvalue weighted by Crippen LogP contribution is 2.18. The largest absolute Gasteiger partial charge is 0.365 e. The maximum Gasteiger partial charge on any atom is 0.330 e. The molecular weight excluding hydrogens is 254 g/mol. The molecule has 1 aromatic heterocycles. The molecule has 2 rings (SSSR count). The van der Waals surface area contributed by atoms with E-state index in [0.29, 0.717) is 5.82 Å². The van der Waals surface area contributed by atoms with E-state index < -0.39 is 11.2 Å². The molecule has 0 aliphatic rings. The van der Waals surface area contributed by atoms with E-state index in [2.05, 4.69) is 10.3 Å². The Balaban J connectivity index is 2.39. The standard InChI is InChI=1S/C15H19N3O2/c1-10(2)18-13(9-14(19)17-15(18)20)16-11(3)12-7-5-4-6-8-12/h4-11,16H,1-3H3,(H,17,19,20)/t11-/m0/s1. The number of nitrogens with one attached hydrogen (secondary N) is 2. The molecule has 5 heteroatoms. The van der Waals surface area contributed by atoms with Gasteiger partial charge in [-0.15, -0.1) is 0 Å². The molecule has 0 aliphatic carbocycles. The SMILES string of the molecule is CC(C)n1c(N[C@@H](C)c2ccccc2)cc(=O)[nH]c1=O. The molecule has 1 heterocycles. The fraction of sp³-hybridized carbons (Fsp3) is 0.333. The van der Waals surface area contributed by atoms with E-state index in [1.807, 2.05) is 51.1 Å². The van der Waals surface area contributed by atoms with Crippen molar-refractivity contribution in [2.45, 2.75) is 32.9 Å². The summed E-state index contributed by atoms with van der Waals surface area (Å²) in [6.45, 7) is 5.79. The van der Waals surface area contributed by atoms with E-state index in [0.717, 1.165) is 5.56 Å². The van der Waals surface area contributed by atoms with Crippen molar-refractivity contribution < 1.29 is 0 Å². The van der Waals surface area contributed by atoms with Gasteiger partial charge >= 0.3 is 5.69 Å². The van der Waals surface area contributed by atoms with Crippen LogP contribution < -0.4 is 16.6 Å². The first kappa shape index (κ1) is 14.1. The molecule has 106 valence electrons. The highest BCUT2D eigenvalue weighted by Gasteiger charge is 2.12. The second-order valence-corrected chi connectivity index (χ2v) is 5.06. The summed E-state index contributed by atoms with van der Waals surface area (Å²) in [5, 5.41) is 3.23. The lowest BCUT2D eigenvalue weighted by molar-refractivity contribution is 0.563. The Morgan fingerprint density at radius 2 is 1.75 bits per heavy atom. The van der Waals surface area contributed by atoms with Crippen LogP contribution in [0.15, 0.2) is 46.0 Å². The van der Waals surface area contributed by atoms with Crippen LogP contribution in [0, 0.1) is 0 Å². The van der Waals surface area contributed by atoms with Crippen molar-refractivity contribution in [3.05, 3.63) is 62.8 Å². The molecule has 0 fully saturated rings. The molecule has 2 N–H and O–H groups in total. The van der Waals surface area contributed by atoms with E-state index in [1.54, 1.807) is 4.57 Å². The molecule has 0 amide bonds. The maximum atomic E-state index is 11.9. The number of rotatable bonds is 4. The summed E-state index contributed by atoms with van der Waals surface area (Å²) in [4.78, 5) is 25.7. The van der Waals surface area contributed by atoms with Crippen molar-refractivity contribution in [3.63, 3.8) is 0 Å². The maximum absolute atomic E-state index is 11.9. The van der Waals surface area contributed by atoms with Crippen molar-refractivity contribution in [2.24, 2.45) is 0 Å². The molecule has 2 aromatic rings. The molecule has 0 unspecified atom stereocenters. The number of hydrogen-bond donors (Lipinski definition) is 2. The summed E-state index contributed by atoms with van der Waals surface area (Å²) >= 11 is 0. The summed E-state index contributed by atoms with van der Waals surface area (Å²) in [7, 11) is 0. The van der Waals surface area contributed by atoms with Crippen LogP contribution in [0.5, 0.6) is 0 Å². The van der Waals surface area contributed by atoms with Crippen LogP contribution in [0.2, 0.25) is 0 Å². The smallest absolute Gasteiger partial charge is 0.330 e. The average Bonchev–Trinajstić information content (AvgIpc) is 2.38. The van der Waals surface area contributed by atoms with Crippen molar-refractivity contribution >= 4 is 5.82 Å². The molecule has 0 saturated carbocycles. The zero-order chi connectivity index (χ0) is 14.7. The first-order valence-electron chi connectivity index (χ1n) is 6.66. The lowest BCUT2D eigenvalue weighted by atomic mass is 10.1. The Kier molecular flexibility index (Phi) is 4.08. The normalized spacial score (nSPS) is 12.4. The quantitative estimate of drug-likeness (QED) is 0.898. The second kappa shape index (κ2) is 5.77. The molecule has 0 saturated heterocycles. The first-order valence-corrected chi connectivity index (χ1v) is 6.66. The van der Waals surface area contributed by atoms with Gasteiger partial charge in [-0.2, -0.15) is 0 Å². The van der Waals surface area contributed by atoms with Gasteiger partial charge in [0.05, 0.1) is 0 Å². The second-order valence-electron chi connectivity index (χ2n) is 5.06. The highest BCUT2D eigenvalue weighted by molar-refractivity contribution is 5.38. The Labute approximate surface area is 117 Å². The van der Waals surface area contributed by atoms with Gasteiger partial charge in [0.25, 0.3) is 5.56 Å². The fourth-order valence-corrected chi connectivity index (χ4v) is 2.18. The first-order chi connectivity index (χ1) is 9.49. The summed E-state index contributed by atoms with van der Waals surface area (Å²) in [5.74, 6) is 0.533. The van der Waals surface area contributed by atoms with Gasteiger partial charge < -0.3 is 5.32 Å². The van der Waals surface area contributed by atoms with Crippen LogP contribution in [0.3, 0.4) is 0 Å². The third-order valence-corrected chi connectivity index (χ3v) is 3.16. The number of H-pyrrole nitrogens is 1. The van der Waals surface area contributed by atoms with Crippen LogP contribution in [0.1, 0.15) is 38.4 Å². The van der Waals surface area contributed by atoms with Gasteiger partial charge in [0.1, 0.15) is 5.82 Å². The zero-order valence-electron chi connectivity index (χ0n) is 11.9. The van der Waals surface area contributed by atoms with Gasteiger partial charge in [-0.25, -0.2) is 4.79 Å². The van der Waals surface area contributed by atoms with Crippen LogP contribution in [-0.4, -0.2) is 9.55 Å². The van der Waals surface area contributed by atoms with Crippen molar-refractivity contribution in [3.8, 4) is 0 Å². The van der Waals surface area contributed by atoms with E-state index in [9.17, 15) is 9.59 Å². The number of aromatic nitrogens is 2. The monoisotopic (exact) mass is 273 g/mol. The third-order valence-electron chi connectivity index (χ3n) is 3.16. The fourth-order valence-electron chi connectivity index (χ4n) is 2.18.